The van der Waals surface area contributed by atoms with Crippen molar-refractivity contribution in [3.8, 4) is 0 Å². The Morgan fingerprint density at radius 2 is 2.11 bits per heavy atom. The first kappa shape index (κ1) is 17.4. The molecule has 0 fully saturated rings. The number of hydrogen-bond donors (Lipinski definition) is 2. The highest BCUT2D eigenvalue weighted by molar-refractivity contribution is 9.10. The number of carbonyl (C=O) groups excluding carboxylic acids is 1. The quantitative estimate of drug-likeness (QED) is 0.503. The molecule has 0 radical (unpaired) electrons. The van der Waals surface area contributed by atoms with Crippen LogP contribution in [-0.4, -0.2) is 35.8 Å². The third-order valence-electron chi connectivity index (χ3n) is 4.10. The molecule has 0 bridgehead atoms. The average Bonchev–Trinajstić information content (AvgIpc) is 3.35. The molecule has 1 amide bonds. The maximum Gasteiger partial charge on any atom is 0.316 e. The molecule has 2 N–H and O–H groups in total. The van der Waals surface area contributed by atoms with Gasteiger partial charge in [-0.2, -0.15) is 10.1 Å². The second-order valence-electron chi connectivity index (χ2n) is 6.04. The van der Waals surface area contributed by atoms with Crippen LogP contribution in [0.3, 0.4) is 0 Å². The van der Waals surface area contributed by atoms with Gasteiger partial charge in [-0.3, -0.25) is 9.48 Å². The molecule has 3 aromatic heterocycles. The Morgan fingerprint density at radius 1 is 1.30 bits per heavy atom. The first-order valence-corrected chi connectivity index (χ1v) is 9.04. The van der Waals surface area contributed by atoms with Crippen molar-refractivity contribution in [2.75, 3.05) is 0 Å². The van der Waals surface area contributed by atoms with Gasteiger partial charge in [-0.25, -0.2) is 4.98 Å². The number of benzene rings is 1. The number of nitrogens with one attached hydrogen (secondary N) is 2. The Bertz CT molecular complexity index is 1090. The third kappa shape index (κ3) is 3.47. The van der Waals surface area contributed by atoms with Crippen molar-refractivity contribution in [2.45, 2.75) is 26.9 Å². The molecule has 0 aliphatic heterocycles. The largest absolute Gasteiger partial charge is 0.341 e. The SMILES string of the molecule is Cc1nn(Cc2noc(C(=O)NCc3nc4ccccc4[nH]3)n2)c(C)c1Br. The lowest BCUT2D eigenvalue weighted by atomic mass is 10.3. The molecule has 3 heterocycles. The molecular formula is C17H16BrN7O2. The van der Waals surface area contributed by atoms with Crippen LogP contribution >= 0.6 is 15.9 Å². The van der Waals surface area contributed by atoms with Gasteiger partial charge in [-0.05, 0) is 41.9 Å². The molecule has 0 spiro atoms. The Balaban J connectivity index is 1.41. The van der Waals surface area contributed by atoms with Crippen LogP contribution in [0.1, 0.15) is 33.7 Å². The van der Waals surface area contributed by atoms with Gasteiger partial charge in [0.2, 0.25) is 0 Å². The molecule has 0 atom stereocenters. The Labute approximate surface area is 162 Å². The normalized spacial score (nSPS) is 11.2. The van der Waals surface area contributed by atoms with E-state index >= 15 is 0 Å². The monoisotopic (exact) mass is 429 g/mol. The molecule has 0 unspecified atom stereocenters. The van der Waals surface area contributed by atoms with Crippen molar-refractivity contribution >= 4 is 32.9 Å². The molecule has 9 nitrogen and oxygen atoms in total. The first-order chi connectivity index (χ1) is 13.0. The van der Waals surface area contributed by atoms with E-state index in [9.17, 15) is 4.79 Å². The fraction of sp³-hybridized carbons (Fsp3) is 0.235. The summed E-state index contributed by atoms with van der Waals surface area (Å²) >= 11 is 3.48. The smallest absolute Gasteiger partial charge is 0.316 e. The fourth-order valence-corrected chi connectivity index (χ4v) is 2.99. The molecule has 27 heavy (non-hydrogen) atoms. The van der Waals surface area contributed by atoms with Gasteiger partial charge >= 0.3 is 11.8 Å². The van der Waals surface area contributed by atoms with Crippen molar-refractivity contribution in [2.24, 2.45) is 0 Å². The number of H-pyrrole nitrogens is 1. The average molecular weight is 430 g/mol. The number of halogens is 1. The molecule has 1 aromatic carbocycles. The highest BCUT2D eigenvalue weighted by Crippen LogP contribution is 2.20. The van der Waals surface area contributed by atoms with Gasteiger partial charge in [0.1, 0.15) is 12.4 Å². The van der Waals surface area contributed by atoms with E-state index in [4.69, 9.17) is 4.52 Å². The molecule has 0 aliphatic rings. The summed E-state index contributed by atoms with van der Waals surface area (Å²) in [5.74, 6) is 0.476. The molecule has 4 rings (SSSR count). The number of hydrogen-bond acceptors (Lipinski definition) is 6. The maximum absolute atomic E-state index is 12.2. The molecule has 0 aliphatic carbocycles. The van der Waals surface area contributed by atoms with Gasteiger partial charge in [0.15, 0.2) is 5.82 Å². The lowest BCUT2D eigenvalue weighted by Crippen LogP contribution is -2.23. The summed E-state index contributed by atoms with van der Waals surface area (Å²) in [7, 11) is 0. The Kier molecular flexibility index (Phi) is 4.48. The van der Waals surface area contributed by atoms with Crippen LogP contribution in [0.15, 0.2) is 33.3 Å². The summed E-state index contributed by atoms with van der Waals surface area (Å²) in [5.41, 5.74) is 3.59. The van der Waals surface area contributed by atoms with Gasteiger partial charge < -0.3 is 14.8 Å². The summed E-state index contributed by atoms with van der Waals surface area (Å²) < 4.78 is 7.76. The number of aromatic amines is 1. The lowest BCUT2D eigenvalue weighted by molar-refractivity contribution is 0.0906. The Morgan fingerprint density at radius 3 is 2.85 bits per heavy atom. The van der Waals surface area contributed by atoms with Crippen molar-refractivity contribution < 1.29 is 9.32 Å². The fourth-order valence-electron chi connectivity index (χ4n) is 2.70. The summed E-state index contributed by atoms with van der Waals surface area (Å²) in [5, 5.41) is 11.0. The van der Waals surface area contributed by atoms with E-state index in [2.05, 4.69) is 46.5 Å². The van der Waals surface area contributed by atoms with E-state index < -0.39 is 5.91 Å². The summed E-state index contributed by atoms with van der Waals surface area (Å²) in [6.07, 6.45) is 0. The number of aryl methyl sites for hydroxylation is 1. The molecule has 0 saturated carbocycles. The number of fused-ring (bicyclic) bond motifs is 1. The summed E-state index contributed by atoms with van der Waals surface area (Å²) in [6, 6.07) is 7.66. The van der Waals surface area contributed by atoms with Crippen molar-refractivity contribution in [3.05, 3.63) is 57.7 Å². The van der Waals surface area contributed by atoms with Gasteiger partial charge in [0.05, 0.1) is 33.4 Å². The van der Waals surface area contributed by atoms with E-state index in [1.54, 1.807) is 4.68 Å². The summed E-state index contributed by atoms with van der Waals surface area (Å²) in [4.78, 5) is 23.9. The minimum atomic E-state index is -0.455. The van der Waals surface area contributed by atoms with Crippen molar-refractivity contribution in [1.82, 2.24) is 35.2 Å². The molecule has 10 heteroatoms. The van der Waals surface area contributed by atoms with Crippen LogP contribution in [0.5, 0.6) is 0 Å². The number of para-hydroxylation sites is 2. The summed E-state index contributed by atoms with van der Waals surface area (Å²) in [6.45, 7) is 4.39. The highest BCUT2D eigenvalue weighted by atomic mass is 79.9. The predicted molar refractivity (Wildman–Crippen MR) is 100 cm³/mol. The second kappa shape index (κ2) is 6.95. The Hall–Kier alpha value is -3.01. The minimum Gasteiger partial charge on any atom is -0.341 e. The highest BCUT2D eigenvalue weighted by Gasteiger charge is 2.17. The number of amides is 1. The molecule has 4 aromatic rings. The number of rotatable bonds is 5. The minimum absolute atomic E-state index is 0.0956. The van der Waals surface area contributed by atoms with E-state index in [-0.39, 0.29) is 12.4 Å². The van der Waals surface area contributed by atoms with Gasteiger partial charge in [0.25, 0.3) is 0 Å². The van der Waals surface area contributed by atoms with E-state index in [1.807, 2.05) is 38.1 Å². The molecule has 138 valence electrons. The van der Waals surface area contributed by atoms with Gasteiger partial charge in [-0.1, -0.05) is 17.3 Å². The van der Waals surface area contributed by atoms with Crippen molar-refractivity contribution in [3.63, 3.8) is 0 Å². The number of nitrogens with zero attached hydrogens (tertiary/aromatic N) is 5. The number of imidazole rings is 1. The molecule has 0 saturated heterocycles. The zero-order valence-corrected chi connectivity index (χ0v) is 16.2. The predicted octanol–water partition coefficient (Wildman–Crippen LogP) is 2.50. The van der Waals surface area contributed by atoms with Crippen molar-refractivity contribution in [1.29, 1.82) is 0 Å². The van der Waals surface area contributed by atoms with Crippen LogP contribution < -0.4 is 5.32 Å². The number of aromatic nitrogens is 6. The van der Waals surface area contributed by atoms with Crippen LogP contribution in [0.4, 0.5) is 0 Å². The van der Waals surface area contributed by atoms with Gasteiger partial charge in [0, 0.05) is 0 Å². The van der Waals surface area contributed by atoms with Gasteiger partial charge in [-0.15, -0.1) is 0 Å². The zero-order chi connectivity index (χ0) is 19.0. The molecular weight excluding hydrogens is 414 g/mol. The van der Waals surface area contributed by atoms with E-state index in [1.165, 1.54) is 0 Å². The number of carbonyl (C=O) groups is 1. The maximum atomic E-state index is 12.2. The van der Waals surface area contributed by atoms with Crippen LogP contribution in [0.25, 0.3) is 11.0 Å². The third-order valence-corrected chi connectivity index (χ3v) is 5.25. The first-order valence-electron chi connectivity index (χ1n) is 8.25. The zero-order valence-electron chi connectivity index (χ0n) is 14.7. The van der Waals surface area contributed by atoms with Crippen LogP contribution in [-0.2, 0) is 13.1 Å². The topological polar surface area (TPSA) is 115 Å². The van der Waals surface area contributed by atoms with E-state index in [0.717, 1.165) is 26.9 Å². The van der Waals surface area contributed by atoms with E-state index in [0.29, 0.717) is 18.2 Å². The van der Waals surface area contributed by atoms with Crippen LogP contribution in [0.2, 0.25) is 0 Å². The standard InChI is InChI=1S/C17H16BrN7O2/c1-9-15(18)10(2)25(23-9)8-14-22-17(27-24-14)16(26)19-7-13-20-11-5-3-4-6-12(11)21-13/h3-6H,7-8H2,1-2H3,(H,19,26)(H,20,21). The second-order valence-corrected chi connectivity index (χ2v) is 6.83. The van der Waals surface area contributed by atoms with Crippen LogP contribution in [0, 0.1) is 13.8 Å². The lowest BCUT2D eigenvalue weighted by Gasteiger charge is -1.99.